The highest BCUT2D eigenvalue weighted by Gasteiger charge is 2.20. The molecule has 0 radical (unpaired) electrons. The third-order valence-electron chi connectivity index (χ3n) is 18.4. The number of oxazole rings is 2. The molecule has 0 aliphatic heterocycles. The van der Waals surface area contributed by atoms with Crippen LogP contribution >= 0.6 is 0 Å². The van der Waals surface area contributed by atoms with Gasteiger partial charge in [0.05, 0.1) is 17.1 Å². The molecule has 0 saturated heterocycles. The van der Waals surface area contributed by atoms with E-state index in [0.29, 0.717) is 11.8 Å². The fourth-order valence-corrected chi connectivity index (χ4v) is 13.4. The maximum absolute atomic E-state index is 6.63. The maximum Gasteiger partial charge on any atom is 0.227 e. The third kappa shape index (κ3) is 10.0. The Morgan fingerprint density at radius 1 is 0.202 bits per heavy atom. The number of fused-ring (bicyclic) bond motifs is 6. The maximum atomic E-state index is 6.63. The molecular weight excluding hydrogens is 1140 g/mol. The van der Waals surface area contributed by atoms with E-state index in [9.17, 15) is 0 Å². The summed E-state index contributed by atoms with van der Waals surface area (Å²) in [6.45, 7) is 0. The van der Waals surface area contributed by atoms with Gasteiger partial charge in [0.25, 0.3) is 0 Å². The molecule has 18 aromatic rings. The van der Waals surface area contributed by atoms with Gasteiger partial charge in [-0.25, -0.2) is 15.0 Å². The lowest BCUT2D eigenvalue weighted by molar-refractivity contribution is 0.619. The van der Waals surface area contributed by atoms with Crippen LogP contribution in [-0.2, 0) is 0 Å². The Kier molecular flexibility index (Phi) is 13.1. The molecule has 0 bridgehead atoms. The van der Waals surface area contributed by atoms with Crippen molar-refractivity contribution in [3.63, 3.8) is 0 Å². The fourth-order valence-electron chi connectivity index (χ4n) is 13.4. The van der Waals surface area contributed by atoms with E-state index < -0.39 is 0 Å². The van der Waals surface area contributed by atoms with Gasteiger partial charge in [-0.05, 0) is 212 Å². The zero-order valence-electron chi connectivity index (χ0n) is 50.8. The molecule has 0 N–H and O–H groups in total. The molecule has 0 amide bonds. The minimum Gasteiger partial charge on any atom is -0.436 e. The zero-order chi connectivity index (χ0) is 62.1. The van der Waals surface area contributed by atoms with E-state index in [0.717, 1.165) is 134 Å². The first-order chi connectivity index (χ1) is 46.5. The normalized spacial score (nSPS) is 11.6. The highest BCUT2D eigenvalue weighted by atomic mass is 16.4. The van der Waals surface area contributed by atoms with Crippen molar-refractivity contribution in [2.24, 2.45) is 0 Å². The molecule has 0 atom stereocenters. The molecule has 0 aliphatic carbocycles. The van der Waals surface area contributed by atoms with Gasteiger partial charge in [0.1, 0.15) is 11.0 Å². The molecule has 438 valence electrons. The predicted molar refractivity (Wildman–Crippen MR) is 387 cm³/mol. The number of hydrogen-bond acceptors (Lipinski definition) is 6. The van der Waals surface area contributed by atoms with Gasteiger partial charge in [0.15, 0.2) is 11.2 Å². The summed E-state index contributed by atoms with van der Waals surface area (Å²) in [6.07, 6.45) is 1.81. The second-order valence-corrected chi connectivity index (χ2v) is 24.1. The standard InChI is InChI=1S/C88H54N4O2/c1-5-15-67-47-71(40-28-55(67)11-1)76-51-82-84(53-78(76)73-42-30-57-13-3-7-17-69(57)49-73)93-87(91-82)65-36-24-61(25-37-65)59-20-32-63(33-21-59)75-44-45-81(80-19-9-10-46-89-80)90-86(75)64-34-22-60(23-35-64)62-26-38-66(39-27-62)88-92-83-52-77(72-41-29-56-12-2-6-16-68(56)48-72)79(54-85(83)94-88)74-43-31-58-14-4-8-18-70(58)50-74/h1-54H. The van der Waals surface area contributed by atoms with E-state index in [-0.39, 0.29) is 0 Å². The highest BCUT2D eigenvalue weighted by Crippen LogP contribution is 2.43. The van der Waals surface area contributed by atoms with E-state index in [2.05, 4.69) is 308 Å². The smallest absolute Gasteiger partial charge is 0.227 e. The van der Waals surface area contributed by atoms with E-state index >= 15 is 0 Å². The SMILES string of the molecule is c1ccc(-c2ccc(-c3ccc(-c4ccc(-c5nc6cc(-c7ccc8ccccc8c7)c(-c7ccc8ccccc8c7)cc6o5)cc4)cc3)c(-c3ccc(-c4ccc(-c5nc6cc(-c7ccc8ccccc8c7)c(-c7ccc8ccccc8c7)cc6o5)cc4)cc3)n2)nc1. The van der Waals surface area contributed by atoms with Crippen LogP contribution in [-0.4, -0.2) is 19.9 Å². The Morgan fingerprint density at radius 3 is 0.915 bits per heavy atom. The molecule has 4 heterocycles. The monoisotopic (exact) mass is 1200 g/mol. The minimum absolute atomic E-state index is 0.575. The molecule has 6 nitrogen and oxygen atoms in total. The Bertz CT molecular complexity index is 5720. The molecule has 18 rings (SSSR count). The van der Waals surface area contributed by atoms with Crippen LogP contribution in [0.1, 0.15) is 0 Å². The number of hydrogen-bond donors (Lipinski definition) is 0. The Morgan fingerprint density at radius 2 is 0.532 bits per heavy atom. The summed E-state index contributed by atoms with van der Waals surface area (Å²) in [7, 11) is 0. The lowest BCUT2D eigenvalue weighted by Gasteiger charge is -2.13. The molecule has 0 aliphatic rings. The van der Waals surface area contributed by atoms with Crippen molar-refractivity contribution in [2.75, 3.05) is 0 Å². The van der Waals surface area contributed by atoms with Gasteiger partial charge in [0.2, 0.25) is 11.8 Å². The number of nitrogens with zero attached hydrogens (tertiary/aromatic N) is 4. The third-order valence-corrected chi connectivity index (χ3v) is 18.4. The Labute approximate surface area is 542 Å². The second-order valence-electron chi connectivity index (χ2n) is 24.1. The van der Waals surface area contributed by atoms with Gasteiger partial charge in [-0.3, -0.25) is 4.98 Å². The van der Waals surface area contributed by atoms with Gasteiger partial charge in [-0.2, -0.15) is 0 Å². The zero-order valence-corrected chi connectivity index (χ0v) is 50.8. The first kappa shape index (κ1) is 54.3. The minimum atomic E-state index is 0.575. The van der Waals surface area contributed by atoms with Gasteiger partial charge in [-0.1, -0.05) is 224 Å². The largest absolute Gasteiger partial charge is 0.436 e. The van der Waals surface area contributed by atoms with Crippen LogP contribution in [0.3, 0.4) is 0 Å². The first-order valence-corrected chi connectivity index (χ1v) is 31.7. The summed E-state index contributed by atoms with van der Waals surface area (Å²) >= 11 is 0. The quantitative estimate of drug-likeness (QED) is 0.128. The molecular formula is C88H54N4O2. The second kappa shape index (κ2) is 22.7. The van der Waals surface area contributed by atoms with Gasteiger partial charge >= 0.3 is 0 Å². The molecule has 6 heteroatoms. The number of pyridine rings is 2. The van der Waals surface area contributed by atoms with Gasteiger partial charge in [-0.15, -0.1) is 0 Å². The van der Waals surface area contributed by atoms with Crippen LogP contribution in [0.15, 0.2) is 337 Å². The molecule has 0 saturated carbocycles. The van der Waals surface area contributed by atoms with E-state index in [1.165, 1.54) is 43.1 Å². The molecule has 94 heavy (non-hydrogen) atoms. The summed E-state index contributed by atoms with van der Waals surface area (Å²) < 4.78 is 13.3. The average molecular weight is 1200 g/mol. The van der Waals surface area contributed by atoms with Crippen molar-refractivity contribution in [1.29, 1.82) is 0 Å². The van der Waals surface area contributed by atoms with Crippen LogP contribution in [0.2, 0.25) is 0 Å². The van der Waals surface area contributed by atoms with Crippen molar-refractivity contribution >= 4 is 65.3 Å². The van der Waals surface area contributed by atoms with Crippen molar-refractivity contribution in [1.82, 2.24) is 19.9 Å². The number of rotatable bonds is 11. The van der Waals surface area contributed by atoms with Crippen LogP contribution in [0.5, 0.6) is 0 Å². The average Bonchev–Trinajstić information content (AvgIpc) is 1.52. The summed E-state index contributed by atoms with van der Waals surface area (Å²) in [5, 5.41) is 9.59. The van der Waals surface area contributed by atoms with Gasteiger partial charge < -0.3 is 8.83 Å². The van der Waals surface area contributed by atoms with Crippen molar-refractivity contribution < 1.29 is 8.83 Å². The van der Waals surface area contributed by atoms with Gasteiger partial charge in [0, 0.05) is 28.5 Å². The van der Waals surface area contributed by atoms with Crippen molar-refractivity contribution in [3.8, 4) is 123 Å². The summed E-state index contributed by atoms with van der Waals surface area (Å²) in [5.41, 5.74) is 23.7. The van der Waals surface area contributed by atoms with Crippen LogP contribution in [0.25, 0.3) is 189 Å². The molecule has 0 unspecified atom stereocenters. The van der Waals surface area contributed by atoms with E-state index in [1.807, 2.05) is 24.4 Å². The fraction of sp³-hybridized carbons (Fsp3) is 0. The lowest BCUT2D eigenvalue weighted by atomic mass is 9.92. The number of benzene rings is 14. The highest BCUT2D eigenvalue weighted by molar-refractivity contribution is 6.01. The summed E-state index contributed by atoms with van der Waals surface area (Å²) in [6, 6.07) is 114. The Hall–Kier alpha value is -12.6. The predicted octanol–water partition coefficient (Wildman–Crippen LogP) is 23.7. The molecule has 4 aromatic heterocycles. The van der Waals surface area contributed by atoms with Crippen LogP contribution < -0.4 is 0 Å². The molecule has 0 fully saturated rings. The molecule has 14 aromatic carbocycles. The van der Waals surface area contributed by atoms with Crippen molar-refractivity contribution in [2.45, 2.75) is 0 Å². The van der Waals surface area contributed by atoms with Crippen LogP contribution in [0, 0.1) is 0 Å². The Balaban J connectivity index is 0.623. The number of aromatic nitrogens is 4. The van der Waals surface area contributed by atoms with Crippen molar-refractivity contribution in [3.05, 3.63) is 328 Å². The summed E-state index contributed by atoms with van der Waals surface area (Å²) in [5.74, 6) is 1.15. The van der Waals surface area contributed by atoms with E-state index in [1.54, 1.807) is 0 Å². The lowest BCUT2D eigenvalue weighted by Crippen LogP contribution is -1.94. The molecule has 0 spiro atoms. The first-order valence-electron chi connectivity index (χ1n) is 31.7. The van der Waals surface area contributed by atoms with E-state index in [4.69, 9.17) is 23.8 Å². The summed E-state index contributed by atoms with van der Waals surface area (Å²) in [4.78, 5) is 20.2. The topological polar surface area (TPSA) is 77.8 Å². The van der Waals surface area contributed by atoms with Crippen LogP contribution in [0.4, 0.5) is 0 Å².